The van der Waals surface area contributed by atoms with E-state index in [9.17, 15) is 9.90 Å². The van der Waals surface area contributed by atoms with Crippen molar-refractivity contribution < 1.29 is 14.1 Å². The number of rotatable bonds is 7. The van der Waals surface area contributed by atoms with Gasteiger partial charge >= 0.3 is 6.03 Å². The lowest BCUT2D eigenvalue weighted by atomic mass is 9.90. The lowest BCUT2D eigenvalue weighted by Gasteiger charge is -2.38. The Labute approximate surface area is 278 Å². The van der Waals surface area contributed by atoms with Crippen LogP contribution in [0.4, 0.5) is 10.5 Å². The molecule has 1 atom stereocenters. The maximum atomic E-state index is 15.5. The van der Waals surface area contributed by atoms with Crippen LogP contribution >= 0.6 is 11.3 Å². The molecule has 0 saturated carbocycles. The van der Waals surface area contributed by atoms with E-state index in [0.29, 0.717) is 21.0 Å². The highest BCUT2D eigenvalue weighted by molar-refractivity contribution is 7.95. The fourth-order valence-corrected chi connectivity index (χ4v) is 14.8. The normalized spacial score (nSPS) is 18.4. The van der Waals surface area contributed by atoms with E-state index in [2.05, 4.69) is 95.6 Å². The molecular formula is C33H57N5O3S2Si2. The minimum atomic E-state index is -3.49. The first-order valence-electron chi connectivity index (χ1n) is 16.3. The maximum absolute atomic E-state index is 15.5. The van der Waals surface area contributed by atoms with Crippen molar-refractivity contribution >= 4 is 49.3 Å². The molecule has 45 heavy (non-hydrogen) atoms. The highest BCUT2D eigenvalue weighted by atomic mass is 32.2. The van der Waals surface area contributed by atoms with Crippen molar-refractivity contribution in [2.24, 2.45) is 4.36 Å². The van der Waals surface area contributed by atoms with Gasteiger partial charge in [0.05, 0.1) is 25.1 Å². The van der Waals surface area contributed by atoms with Gasteiger partial charge in [-0.2, -0.15) is 0 Å². The number of anilines is 1. The summed E-state index contributed by atoms with van der Waals surface area (Å²) < 4.78 is 24.1. The number of carbonyl (C=O) groups is 1. The number of fused-ring (bicyclic) bond motifs is 2. The molecule has 4 rings (SSSR count). The number of aryl methyl sites for hydroxylation is 1. The van der Waals surface area contributed by atoms with Crippen LogP contribution in [-0.4, -0.2) is 41.6 Å². The number of urea groups is 1. The van der Waals surface area contributed by atoms with Crippen molar-refractivity contribution in [3.63, 3.8) is 0 Å². The van der Waals surface area contributed by atoms with Crippen molar-refractivity contribution in [3.8, 4) is 0 Å². The Morgan fingerprint density at radius 1 is 0.978 bits per heavy atom. The highest BCUT2D eigenvalue weighted by Gasteiger charge is 2.43. The van der Waals surface area contributed by atoms with Crippen LogP contribution in [0.5, 0.6) is 0 Å². The Morgan fingerprint density at radius 3 is 2.16 bits per heavy atom. The highest BCUT2D eigenvalue weighted by Crippen LogP contribution is 2.45. The molecule has 2 aliphatic rings. The summed E-state index contributed by atoms with van der Waals surface area (Å²) >= 11 is 1.23. The molecule has 0 bridgehead atoms. The zero-order valence-electron chi connectivity index (χ0n) is 30.2. The van der Waals surface area contributed by atoms with Crippen molar-refractivity contribution in [1.29, 1.82) is 0 Å². The first kappa shape index (κ1) is 36.4. The van der Waals surface area contributed by atoms with E-state index >= 15 is 4.21 Å². The predicted molar refractivity (Wildman–Crippen MR) is 194 cm³/mol. The van der Waals surface area contributed by atoms with Gasteiger partial charge in [-0.1, -0.05) is 81.6 Å². The molecule has 2 aliphatic carbocycles. The van der Waals surface area contributed by atoms with E-state index in [0.717, 1.165) is 60.3 Å². The van der Waals surface area contributed by atoms with Crippen LogP contribution in [-0.2, 0) is 46.2 Å². The van der Waals surface area contributed by atoms with Crippen molar-refractivity contribution in [3.05, 3.63) is 33.2 Å². The Kier molecular flexibility index (Phi) is 9.39. The molecule has 12 heteroatoms. The molecule has 0 fully saturated rings. The number of nitrogens with zero attached hydrogens (tertiary/aromatic N) is 3. The first-order chi connectivity index (χ1) is 20.2. The summed E-state index contributed by atoms with van der Waals surface area (Å²) in [5.74, 6) is 0. The fraction of sp³-hybridized carbons (Fsp3) is 0.727. The fourth-order valence-electron chi connectivity index (χ4n) is 5.60. The van der Waals surface area contributed by atoms with E-state index in [4.69, 9.17) is 9.97 Å². The lowest BCUT2D eigenvalue weighted by molar-refractivity contribution is 0.0781. The summed E-state index contributed by atoms with van der Waals surface area (Å²) in [6, 6.07) is 0.0431. The van der Waals surface area contributed by atoms with E-state index in [1.54, 1.807) is 13.8 Å². The number of nitrogens with one attached hydrogen (secondary N) is 2. The Bertz CT molecular complexity index is 1620. The number of pyridine rings is 1. The third-order valence-electron chi connectivity index (χ3n) is 10.8. The van der Waals surface area contributed by atoms with Crippen molar-refractivity contribution in [2.75, 3.05) is 5.32 Å². The largest absolute Gasteiger partial charge is 0.383 e. The van der Waals surface area contributed by atoms with Gasteiger partial charge in [0, 0.05) is 11.1 Å². The first-order valence-corrected chi connectivity index (χ1v) is 24.9. The quantitative estimate of drug-likeness (QED) is 0.251. The average molecular weight is 692 g/mol. The second kappa shape index (κ2) is 11.6. The van der Waals surface area contributed by atoms with E-state index in [-0.39, 0.29) is 15.5 Å². The summed E-state index contributed by atoms with van der Waals surface area (Å²) in [4.78, 5) is 24.1. The molecule has 0 aromatic carbocycles. The predicted octanol–water partition coefficient (Wildman–Crippen LogP) is 8.64. The summed E-state index contributed by atoms with van der Waals surface area (Å²) in [6.07, 6.45) is 4.59. The van der Waals surface area contributed by atoms with Crippen LogP contribution < -0.4 is 9.70 Å². The van der Waals surface area contributed by atoms with Crippen molar-refractivity contribution in [1.82, 2.24) is 14.4 Å². The Hall–Kier alpha value is -1.45. The summed E-state index contributed by atoms with van der Waals surface area (Å²) in [7, 11) is -7.93. The molecule has 2 aromatic heterocycles. The number of aromatic nitrogens is 2. The van der Waals surface area contributed by atoms with Crippen LogP contribution in [0.1, 0.15) is 115 Å². The number of aliphatic hydroxyl groups is 1. The molecular weight excluding hydrogens is 635 g/mol. The Morgan fingerprint density at radius 2 is 1.60 bits per heavy atom. The molecule has 2 heterocycles. The van der Waals surface area contributed by atoms with E-state index < -0.39 is 37.9 Å². The molecule has 1 unspecified atom stereocenters. The van der Waals surface area contributed by atoms with Gasteiger partial charge in [0.25, 0.3) is 0 Å². The second-order valence-corrected chi connectivity index (χ2v) is 31.7. The molecule has 252 valence electrons. The van der Waals surface area contributed by atoms with E-state index in [1.807, 2.05) is 0 Å². The van der Waals surface area contributed by atoms with Crippen LogP contribution in [0, 0.1) is 0 Å². The lowest BCUT2D eigenvalue weighted by Crippen LogP contribution is -2.54. The summed E-state index contributed by atoms with van der Waals surface area (Å²) in [5, 5.41) is 14.6. The van der Waals surface area contributed by atoms with Gasteiger partial charge in [0.15, 0.2) is 9.92 Å². The molecule has 0 spiro atoms. The van der Waals surface area contributed by atoms with Crippen LogP contribution in [0.25, 0.3) is 0 Å². The average Bonchev–Trinajstić information content (AvgIpc) is 3.54. The third kappa shape index (κ3) is 7.21. The van der Waals surface area contributed by atoms with Crippen LogP contribution in [0.3, 0.4) is 0 Å². The van der Waals surface area contributed by atoms with Gasteiger partial charge < -0.3 is 10.4 Å². The van der Waals surface area contributed by atoms with Gasteiger partial charge in [-0.25, -0.2) is 18.4 Å². The number of carbonyl (C=O) groups excluding carboxylic acids is 1. The number of amides is 2. The molecule has 0 aliphatic heterocycles. The third-order valence-corrected chi connectivity index (χ3v) is 26.2. The topological polar surface area (TPSA) is 117 Å². The van der Waals surface area contributed by atoms with Gasteiger partial charge in [0.1, 0.15) is 23.1 Å². The number of hydrogen-bond donors (Lipinski definition) is 3. The van der Waals surface area contributed by atoms with Gasteiger partial charge in [-0.05, 0) is 73.2 Å². The second-order valence-electron chi connectivity index (χ2n) is 17.6. The standard InChI is InChI=1S/C33H57N5O3S2Si2/c1-30(2,3)44(11,12)20-24-27(42-28(35-24)33(9,10)40)43(41,38-45(13,14)31(4,5)6)37-29(39)36-25-21-16-15-17-23(21)34-26-22(25)18-19-32(26,7)8/h40H,15-20H2,1-14H3,(H2,34,36,37,38,39,41). The molecule has 2 aromatic rings. The summed E-state index contributed by atoms with van der Waals surface area (Å²) in [5.41, 5.74) is 4.53. The van der Waals surface area contributed by atoms with Gasteiger partial charge in [-0.15, -0.1) is 15.7 Å². The molecule has 0 radical (unpaired) electrons. The molecule has 8 nitrogen and oxygen atoms in total. The minimum Gasteiger partial charge on any atom is -0.383 e. The Balaban J connectivity index is 1.92. The number of hydrogen-bond acceptors (Lipinski definition) is 6. The maximum Gasteiger partial charge on any atom is 0.354 e. The van der Waals surface area contributed by atoms with Gasteiger partial charge in [0.2, 0.25) is 0 Å². The molecule has 3 N–H and O–H groups in total. The monoisotopic (exact) mass is 691 g/mol. The molecule has 0 saturated heterocycles. The van der Waals surface area contributed by atoms with Crippen LogP contribution in [0.15, 0.2) is 8.57 Å². The smallest absolute Gasteiger partial charge is 0.354 e. The van der Waals surface area contributed by atoms with Crippen LogP contribution in [0.2, 0.25) is 36.3 Å². The van der Waals surface area contributed by atoms with Crippen molar-refractivity contribution in [2.45, 2.75) is 159 Å². The zero-order chi connectivity index (χ0) is 34.2. The number of thiazole rings is 1. The van der Waals surface area contributed by atoms with Gasteiger partial charge in [-0.3, -0.25) is 4.98 Å². The SMILES string of the molecule is CC(C)(O)c1nc(C[Si](C)(C)C(C)(C)C)c(S(=O)(=NC(=O)Nc2c3c(nc4c2CCC4(C)C)CCC3)N[Si](C)(C)C(C)(C)C)s1. The minimum absolute atomic E-state index is 0.0565. The molecule has 2 amide bonds. The van der Waals surface area contributed by atoms with E-state index in [1.165, 1.54) is 11.3 Å². The zero-order valence-corrected chi connectivity index (χ0v) is 33.8. The summed E-state index contributed by atoms with van der Waals surface area (Å²) in [6.45, 7) is 29.9.